The van der Waals surface area contributed by atoms with E-state index in [9.17, 15) is 19.8 Å². The van der Waals surface area contributed by atoms with Crippen molar-refractivity contribution in [2.45, 2.75) is 302 Å². The van der Waals surface area contributed by atoms with Crippen LogP contribution in [0.5, 0.6) is 0 Å². The van der Waals surface area contributed by atoms with Gasteiger partial charge >= 0.3 is 5.97 Å². The number of esters is 1. The smallest absolute Gasteiger partial charge is 0.305 e. The van der Waals surface area contributed by atoms with E-state index in [4.69, 9.17) is 4.74 Å². The number of aliphatic hydroxyl groups is 2. The first kappa shape index (κ1) is 61.1. The molecule has 0 fully saturated rings. The summed E-state index contributed by atoms with van der Waals surface area (Å²) in [6, 6.07) is -0.655. The summed E-state index contributed by atoms with van der Waals surface area (Å²) >= 11 is 0. The molecule has 0 aliphatic heterocycles. The highest BCUT2D eigenvalue weighted by Crippen LogP contribution is 2.16. The maximum absolute atomic E-state index is 12.5. The Hall–Kier alpha value is -1.92. The Balaban J connectivity index is 3.56. The number of hydrogen-bond acceptors (Lipinski definition) is 5. The first-order valence-electron chi connectivity index (χ1n) is 27.8. The molecule has 0 aliphatic rings. The quantitative estimate of drug-likeness (QED) is 0.0321. The molecule has 0 radical (unpaired) electrons. The van der Waals surface area contributed by atoms with Crippen LogP contribution < -0.4 is 5.32 Å². The molecule has 0 aromatic rings. The van der Waals surface area contributed by atoms with Gasteiger partial charge in [0.15, 0.2) is 0 Å². The number of aliphatic hydroxyl groups excluding tert-OH is 2. The summed E-state index contributed by atoms with van der Waals surface area (Å²) in [6.45, 7) is 4.81. The number of carbonyl (C=O) groups excluding carboxylic acids is 2. The van der Waals surface area contributed by atoms with Gasteiger partial charge in [-0.2, -0.15) is 0 Å². The molecule has 0 saturated carbocycles. The van der Waals surface area contributed by atoms with Gasteiger partial charge < -0.3 is 20.3 Å². The third-order valence-electron chi connectivity index (χ3n) is 12.6. The molecular formula is C57H107NO5. The Kier molecular flexibility index (Phi) is 51.1. The monoisotopic (exact) mass is 886 g/mol. The Bertz CT molecular complexity index is 1020. The summed E-state index contributed by atoms with van der Waals surface area (Å²) in [4.78, 5) is 24.5. The zero-order valence-electron chi connectivity index (χ0n) is 42.1. The van der Waals surface area contributed by atoms with E-state index in [2.05, 4.69) is 43.5 Å². The van der Waals surface area contributed by atoms with Crippen molar-refractivity contribution in [3.63, 3.8) is 0 Å². The summed E-state index contributed by atoms with van der Waals surface area (Å²) in [5.74, 6) is -0.149. The van der Waals surface area contributed by atoms with Gasteiger partial charge in [0.1, 0.15) is 0 Å². The average molecular weight is 886 g/mol. The van der Waals surface area contributed by atoms with Gasteiger partial charge in [0.25, 0.3) is 0 Å². The standard InChI is InChI=1S/C57H107NO5/c1-3-5-7-9-11-13-15-17-19-20-21-22-23-24-26-27-29-33-37-41-45-49-55(60)54(53-59)58-56(61)50-46-42-38-34-31-32-36-40-44-48-52-63-57(62)51-47-43-39-35-30-28-25-18-16-14-12-10-8-6-4-2/h18,25,32,36,45,49,54-55,59-60H,3-17,19-24,26-31,33-35,37-44,46-48,50-53H2,1-2H3,(H,58,61)/b25-18-,36-32-,49-45+. The van der Waals surface area contributed by atoms with Crippen LogP contribution in [0.2, 0.25) is 0 Å². The lowest BCUT2D eigenvalue weighted by atomic mass is 10.0. The highest BCUT2D eigenvalue weighted by atomic mass is 16.5. The van der Waals surface area contributed by atoms with Crippen LogP contribution in [0.1, 0.15) is 290 Å². The van der Waals surface area contributed by atoms with Crippen molar-refractivity contribution in [3.8, 4) is 0 Å². The number of nitrogens with one attached hydrogen (secondary N) is 1. The molecular weight excluding hydrogens is 779 g/mol. The average Bonchev–Trinajstić information content (AvgIpc) is 3.28. The van der Waals surface area contributed by atoms with E-state index >= 15 is 0 Å². The molecule has 2 unspecified atom stereocenters. The van der Waals surface area contributed by atoms with Crippen LogP contribution in [0.15, 0.2) is 36.5 Å². The van der Waals surface area contributed by atoms with Crippen LogP contribution in [-0.4, -0.2) is 47.4 Å². The Morgan fingerprint density at radius 2 is 0.746 bits per heavy atom. The van der Waals surface area contributed by atoms with Gasteiger partial charge in [0.05, 0.1) is 25.4 Å². The van der Waals surface area contributed by atoms with Crippen LogP contribution in [0.25, 0.3) is 0 Å². The van der Waals surface area contributed by atoms with Crippen molar-refractivity contribution in [1.29, 1.82) is 0 Å². The van der Waals surface area contributed by atoms with E-state index in [1.807, 2.05) is 6.08 Å². The van der Waals surface area contributed by atoms with Gasteiger partial charge in [-0.25, -0.2) is 0 Å². The summed E-state index contributed by atoms with van der Waals surface area (Å²) in [5, 5.41) is 23.1. The Labute approximate surface area is 392 Å². The van der Waals surface area contributed by atoms with Crippen LogP contribution in [0, 0.1) is 0 Å². The minimum absolute atomic E-state index is 0.0463. The van der Waals surface area contributed by atoms with E-state index in [1.54, 1.807) is 6.08 Å². The lowest BCUT2D eigenvalue weighted by Crippen LogP contribution is -2.45. The van der Waals surface area contributed by atoms with Gasteiger partial charge in [-0.15, -0.1) is 0 Å². The van der Waals surface area contributed by atoms with E-state index in [1.165, 1.54) is 186 Å². The topological polar surface area (TPSA) is 95.9 Å². The predicted molar refractivity (Wildman–Crippen MR) is 273 cm³/mol. The molecule has 3 N–H and O–H groups in total. The third kappa shape index (κ3) is 49.4. The highest BCUT2D eigenvalue weighted by Gasteiger charge is 2.18. The minimum atomic E-state index is -0.868. The SMILES string of the molecule is CCCCCCCC/C=C\CCCCCCCC(=O)OCCCC/C=C\CCCCCCC(=O)NC(CO)C(O)/C=C/CCCCCCCCCCCCCCCCCCCCC. The molecule has 63 heavy (non-hydrogen) atoms. The molecule has 0 heterocycles. The first-order valence-corrected chi connectivity index (χ1v) is 27.8. The normalized spacial score (nSPS) is 12.9. The third-order valence-corrected chi connectivity index (χ3v) is 12.6. The number of ether oxygens (including phenoxy) is 1. The van der Waals surface area contributed by atoms with Gasteiger partial charge in [-0.05, 0) is 83.5 Å². The lowest BCUT2D eigenvalue weighted by Gasteiger charge is -2.20. The van der Waals surface area contributed by atoms with Crippen LogP contribution in [0.4, 0.5) is 0 Å². The van der Waals surface area contributed by atoms with Crippen molar-refractivity contribution < 1.29 is 24.5 Å². The Morgan fingerprint density at radius 1 is 0.429 bits per heavy atom. The maximum atomic E-state index is 12.5. The molecule has 0 saturated heterocycles. The van der Waals surface area contributed by atoms with Gasteiger partial charge in [-0.3, -0.25) is 9.59 Å². The molecule has 0 aliphatic carbocycles. The highest BCUT2D eigenvalue weighted by molar-refractivity contribution is 5.76. The fraction of sp³-hybridized carbons (Fsp3) is 0.860. The van der Waals surface area contributed by atoms with Crippen molar-refractivity contribution >= 4 is 11.9 Å². The Morgan fingerprint density at radius 3 is 1.13 bits per heavy atom. The van der Waals surface area contributed by atoms with Gasteiger partial charge in [0.2, 0.25) is 5.91 Å². The molecule has 2 atom stereocenters. The fourth-order valence-corrected chi connectivity index (χ4v) is 8.33. The molecule has 0 aromatic carbocycles. The lowest BCUT2D eigenvalue weighted by molar-refractivity contribution is -0.143. The molecule has 1 amide bonds. The zero-order valence-corrected chi connectivity index (χ0v) is 42.1. The summed E-state index contributed by atoms with van der Waals surface area (Å²) in [7, 11) is 0. The molecule has 0 bridgehead atoms. The summed E-state index contributed by atoms with van der Waals surface area (Å²) < 4.78 is 5.43. The van der Waals surface area contributed by atoms with Crippen molar-refractivity contribution in [3.05, 3.63) is 36.5 Å². The van der Waals surface area contributed by atoms with E-state index in [0.29, 0.717) is 19.4 Å². The van der Waals surface area contributed by atoms with E-state index < -0.39 is 12.1 Å². The summed E-state index contributed by atoms with van der Waals surface area (Å²) in [6.07, 6.45) is 64.5. The van der Waals surface area contributed by atoms with E-state index in [0.717, 1.165) is 77.0 Å². The largest absolute Gasteiger partial charge is 0.466 e. The van der Waals surface area contributed by atoms with Crippen molar-refractivity contribution in [2.24, 2.45) is 0 Å². The second kappa shape index (κ2) is 52.7. The first-order chi connectivity index (χ1) is 31.0. The molecule has 0 aromatic heterocycles. The van der Waals surface area contributed by atoms with Crippen LogP contribution in [-0.2, 0) is 14.3 Å². The molecule has 6 heteroatoms. The van der Waals surface area contributed by atoms with Crippen molar-refractivity contribution in [2.75, 3.05) is 13.2 Å². The number of hydrogen-bond donors (Lipinski definition) is 3. The second-order valence-electron chi connectivity index (χ2n) is 18.9. The number of amides is 1. The van der Waals surface area contributed by atoms with E-state index in [-0.39, 0.29) is 18.5 Å². The number of rotatable bonds is 51. The number of carbonyl (C=O) groups is 2. The zero-order chi connectivity index (χ0) is 45.8. The fourth-order valence-electron chi connectivity index (χ4n) is 8.33. The second-order valence-corrected chi connectivity index (χ2v) is 18.9. The number of unbranched alkanes of at least 4 members (excludes halogenated alkanes) is 36. The van der Waals surface area contributed by atoms with Gasteiger partial charge in [-0.1, -0.05) is 230 Å². The molecule has 0 rings (SSSR count). The van der Waals surface area contributed by atoms with Gasteiger partial charge in [0, 0.05) is 12.8 Å². The molecule has 0 spiro atoms. The maximum Gasteiger partial charge on any atom is 0.305 e. The van der Waals surface area contributed by atoms with Crippen LogP contribution in [0.3, 0.4) is 0 Å². The van der Waals surface area contributed by atoms with Crippen molar-refractivity contribution in [1.82, 2.24) is 5.32 Å². The molecule has 370 valence electrons. The summed E-state index contributed by atoms with van der Waals surface area (Å²) in [5.41, 5.74) is 0. The predicted octanol–water partition coefficient (Wildman–Crippen LogP) is 16.9. The number of allylic oxidation sites excluding steroid dienone is 5. The van der Waals surface area contributed by atoms with Crippen LogP contribution >= 0.6 is 0 Å². The minimum Gasteiger partial charge on any atom is -0.466 e. The molecule has 6 nitrogen and oxygen atoms in total.